The lowest BCUT2D eigenvalue weighted by Gasteiger charge is -2.10. The summed E-state index contributed by atoms with van der Waals surface area (Å²) in [7, 11) is 0. The lowest BCUT2D eigenvalue weighted by molar-refractivity contribution is 0.242. The highest BCUT2D eigenvalue weighted by Gasteiger charge is 2.08. The van der Waals surface area contributed by atoms with Crippen LogP contribution in [0.5, 0.6) is 5.75 Å². The van der Waals surface area contributed by atoms with Crippen molar-refractivity contribution in [1.82, 2.24) is 9.97 Å². The topological polar surface area (TPSA) is 61.0 Å². The van der Waals surface area contributed by atoms with Crippen LogP contribution >= 0.6 is 0 Å². The van der Waals surface area contributed by atoms with Gasteiger partial charge in [0.2, 0.25) is 5.95 Å². The lowest BCUT2D eigenvalue weighted by Crippen LogP contribution is -2.05. The van der Waals surface area contributed by atoms with Gasteiger partial charge in [0.05, 0.1) is 12.3 Å². The molecular weight excluding hydrogens is 233 g/mol. The van der Waals surface area contributed by atoms with Crippen molar-refractivity contribution in [2.45, 2.75) is 20.0 Å². The van der Waals surface area contributed by atoms with Gasteiger partial charge in [-0.15, -0.1) is 0 Å². The molecule has 18 heavy (non-hydrogen) atoms. The number of halogens is 1. The Morgan fingerprint density at radius 2 is 1.89 bits per heavy atom. The highest BCUT2D eigenvalue weighted by molar-refractivity contribution is 5.61. The SMILES string of the molecule is CC(C)Oc1ccc(-c2nc(N)ncc2F)cc1. The minimum atomic E-state index is -0.498. The van der Waals surface area contributed by atoms with Crippen molar-refractivity contribution in [1.29, 1.82) is 0 Å². The van der Waals surface area contributed by atoms with E-state index >= 15 is 0 Å². The fraction of sp³-hybridized carbons (Fsp3) is 0.231. The molecule has 0 saturated heterocycles. The molecule has 2 rings (SSSR count). The molecule has 2 aromatic rings. The molecule has 0 bridgehead atoms. The third kappa shape index (κ3) is 2.74. The van der Waals surface area contributed by atoms with Crippen LogP contribution in [0.2, 0.25) is 0 Å². The molecule has 1 aromatic heterocycles. The van der Waals surface area contributed by atoms with Gasteiger partial charge in [0.25, 0.3) is 0 Å². The summed E-state index contributed by atoms with van der Waals surface area (Å²) in [4.78, 5) is 7.47. The van der Waals surface area contributed by atoms with Crippen LogP contribution in [0.25, 0.3) is 11.3 Å². The first-order chi connectivity index (χ1) is 8.56. The number of aromatic nitrogens is 2. The van der Waals surface area contributed by atoms with Crippen LogP contribution in [0.3, 0.4) is 0 Å². The second kappa shape index (κ2) is 5.00. The highest BCUT2D eigenvalue weighted by Crippen LogP contribution is 2.23. The number of nitrogens with zero attached hydrogens (tertiary/aromatic N) is 2. The van der Waals surface area contributed by atoms with Gasteiger partial charge in [-0.25, -0.2) is 14.4 Å². The molecular formula is C13H14FN3O. The Morgan fingerprint density at radius 3 is 2.50 bits per heavy atom. The number of benzene rings is 1. The summed E-state index contributed by atoms with van der Waals surface area (Å²) in [6.07, 6.45) is 1.17. The number of nitrogens with two attached hydrogens (primary N) is 1. The van der Waals surface area contributed by atoms with Crippen molar-refractivity contribution in [3.8, 4) is 17.0 Å². The predicted octanol–water partition coefficient (Wildman–Crippen LogP) is 2.65. The van der Waals surface area contributed by atoms with Crippen molar-refractivity contribution in [3.05, 3.63) is 36.3 Å². The summed E-state index contributed by atoms with van der Waals surface area (Å²) in [5, 5.41) is 0. The number of hydrogen-bond acceptors (Lipinski definition) is 4. The smallest absolute Gasteiger partial charge is 0.220 e. The zero-order valence-electron chi connectivity index (χ0n) is 10.2. The van der Waals surface area contributed by atoms with Crippen molar-refractivity contribution < 1.29 is 9.13 Å². The van der Waals surface area contributed by atoms with Crippen molar-refractivity contribution in [2.24, 2.45) is 0 Å². The van der Waals surface area contributed by atoms with E-state index in [4.69, 9.17) is 10.5 Å². The molecule has 0 aliphatic rings. The molecule has 0 aliphatic carbocycles. The van der Waals surface area contributed by atoms with E-state index in [2.05, 4.69) is 9.97 Å². The maximum Gasteiger partial charge on any atom is 0.220 e. The summed E-state index contributed by atoms with van der Waals surface area (Å²) in [5.41, 5.74) is 6.28. The second-order valence-corrected chi connectivity index (χ2v) is 4.12. The van der Waals surface area contributed by atoms with E-state index in [0.29, 0.717) is 5.56 Å². The van der Waals surface area contributed by atoms with E-state index in [1.807, 2.05) is 13.8 Å². The van der Waals surface area contributed by atoms with Gasteiger partial charge in [-0.3, -0.25) is 0 Å². The van der Waals surface area contributed by atoms with Crippen LogP contribution in [-0.2, 0) is 0 Å². The Labute approximate surface area is 105 Å². The molecule has 0 unspecified atom stereocenters. The van der Waals surface area contributed by atoms with Crippen LogP contribution in [0, 0.1) is 5.82 Å². The van der Waals surface area contributed by atoms with Crippen LogP contribution < -0.4 is 10.5 Å². The predicted molar refractivity (Wildman–Crippen MR) is 67.6 cm³/mol. The molecule has 0 spiro atoms. The zero-order valence-corrected chi connectivity index (χ0v) is 10.2. The van der Waals surface area contributed by atoms with Gasteiger partial charge in [0, 0.05) is 5.56 Å². The van der Waals surface area contributed by atoms with Crippen LogP contribution in [0.15, 0.2) is 30.5 Å². The first-order valence-corrected chi connectivity index (χ1v) is 5.61. The van der Waals surface area contributed by atoms with E-state index in [-0.39, 0.29) is 17.7 Å². The monoisotopic (exact) mass is 247 g/mol. The average molecular weight is 247 g/mol. The van der Waals surface area contributed by atoms with Gasteiger partial charge in [-0.1, -0.05) is 0 Å². The zero-order chi connectivity index (χ0) is 13.1. The number of rotatable bonds is 3. The van der Waals surface area contributed by atoms with Crippen molar-refractivity contribution in [3.63, 3.8) is 0 Å². The molecule has 0 fully saturated rings. The minimum absolute atomic E-state index is 0.0499. The van der Waals surface area contributed by atoms with E-state index in [9.17, 15) is 4.39 Å². The molecule has 5 heteroatoms. The largest absolute Gasteiger partial charge is 0.491 e. The lowest BCUT2D eigenvalue weighted by atomic mass is 10.1. The van der Waals surface area contributed by atoms with Crippen molar-refractivity contribution >= 4 is 5.95 Å². The van der Waals surface area contributed by atoms with E-state index < -0.39 is 5.82 Å². The molecule has 0 amide bonds. The third-order valence-corrected chi connectivity index (χ3v) is 2.26. The number of ether oxygens (including phenoxy) is 1. The summed E-state index contributed by atoms with van der Waals surface area (Å²) >= 11 is 0. The van der Waals surface area contributed by atoms with Gasteiger partial charge in [-0.2, -0.15) is 0 Å². The van der Waals surface area contributed by atoms with E-state index in [0.717, 1.165) is 11.9 Å². The molecule has 0 aliphatic heterocycles. The normalized spacial score (nSPS) is 10.7. The third-order valence-electron chi connectivity index (χ3n) is 2.26. The average Bonchev–Trinajstić information content (AvgIpc) is 2.33. The maximum absolute atomic E-state index is 13.6. The van der Waals surface area contributed by atoms with Crippen LogP contribution in [0.4, 0.5) is 10.3 Å². The summed E-state index contributed by atoms with van der Waals surface area (Å²) < 4.78 is 19.1. The first kappa shape index (κ1) is 12.3. The fourth-order valence-electron chi connectivity index (χ4n) is 1.55. The first-order valence-electron chi connectivity index (χ1n) is 5.61. The van der Waals surface area contributed by atoms with Crippen LogP contribution in [-0.4, -0.2) is 16.1 Å². The van der Waals surface area contributed by atoms with Gasteiger partial charge in [0.15, 0.2) is 5.82 Å². The van der Waals surface area contributed by atoms with Gasteiger partial charge >= 0.3 is 0 Å². The number of hydrogen-bond donors (Lipinski definition) is 1. The number of nitrogen functional groups attached to an aromatic ring is 1. The van der Waals surface area contributed by atoms with Gasteiger partial charge in [-0.05, 0) is 38.1 Å². The Balaban J connectivity index is 2.31. The molecule has 2 N–H and O–H groups in total. The fourth-order valence-corrected chi connectivity index (χ4v) is 1.55. The molecule has 94 valence electrons. The molecule has 1 heterocycles. The Hall–Kier alpha value is -2.17. The Kier molecular flexibility index (Phi) is 3.41. The molecule has 0 saturated carbocycles. The summed E-state index contributed by atoms with van der Waals surface area (Å²) in [5.74, 6) is 0.284. The highest BCUT2D eigenvalue weighted by atomic mass is 19.1. The van der Waals surface area contributed by atoms with E-state index in [1.54, 1.807) is 24.3 Å². The van der Waals surface area contributed by atoms with Gasteiger partial charge in [0.1, 0.15) is 11.4 Å². The van der Waals surface area contributed by atoms with Crippen molar-refractivity contribution in [2.75, 3.05) is 5.73 Å². The minimum Gasteiger partial charge on any atom is -0.491 e. The second-order valence-electron chi connectivity index (χ2n) is 4.12. The summed E-state index contributed by atoms with van der Waals surface area (Å²) in [6.45, 7) is 3.89. The summed E-state index contributed by atoms with van der Waals surface area (Å²) in [6, 6.07) is 7.02. The molecule has 0 atom stereocenters. The quantitative estimate of drug-likeness (QED) is 0.905. The van der Waals surface area contributed by atoms with Gasteiger partial charge < -0.3 is 10.5 Å². The maximum atomic E-state index is 13.6. The standard InChI is InChI=1S/C13H14FN3O/c1-8(2)18-10-5-3-9(4-6-10)12-11(14)7-16-13(15)17-12/h3-8H,1-2H3,(H2,15,16,17). The Bertz CT molecular complexity index is 540. The van der Waals surface area contributed by atoms with E-state index in [1.165, 1.54) is 0 Å². The number of anilines is 1. The Morgan fingerprint density at radius 1 is 1.22 bits per heavy atom. The van der Waals surface area contributed by atoms with Crippen LogP contribution in [0.1, 0.15) is 13.8 Å². The molecule has 1 aromatic carbocycles. The molecule has 4 nitrogen and oxygen atoms in total. The molecule has 0 radical (unpaired) electrons.